The number of ether oxygens (including phenoxy) is 2. The van der Waals surface area contributed by atoms with Crippen LogP contribution in [0.15, 0.2) is 18.5 Å². The molecule has 6 heteroatoms. The monoisotopic (exact) mass is 266 g/mol. The molecule has 0 bridgehead atoms. The van der Waals surface area contributed by atoms with Gasteiger partial charge in [0.15, 0.2) is 0 Å². The first-order valence-electron chi connectivity index (χ1n) is 6.22. The molecule has 1 rings (SSSR count). The molecule has 1 heterocycles. The third kappa shape index (κ3) is 4.84. The molecule has 6 nitrogen and oxygen atoms in total. The number of aromatic nitrogens is 1. The molecule has 0 atom stereocenters. The lowest BCUT2D eigenvalue weighted by molar-refractivity contribution is 0.191. The van der Waals surface area contributed by atoms with Crippen molar-refractivity contribution in [3.05, 3.63) is 24.0 Å². The van der Waals surface area contributed by atoms with Gasteiger partial charge in [0.2, 0.25) is 0 Å². The Balaban J connectivity index is 2.85. The summed E-state index contributed by atoms with van der Waals surface area (Å²) < 4.78 is 10.2. The Morgan fingerprint density at radius 3 is 2.68 bits per heavy atom. The average Bonchev–Trinajstić information content (AvgIpc) is 2.42. The Labute approximate surface area is 114 Å². The summed E-state index contributed by atoms with van der Waals surface area (Å²) in [5, 5.41) is 7.63. The molecular formula is C13H22N4O2. The quantitative estimate of drug-likeness (QED) is 0.393. The zero-order valence-corrected chi connectivity index (χ0v) is 11.6. The van der Waals surface area contributed by atoms with Crippen molar-refractivity contribution in [2.75, 3.05) is 45.4 Å². The van der Waals surface area contributed by atoms with E-state index < -0.39 is 0 Å². The van der Waals surface area contributed by atoms with Crippen LogP contribution in [0, 0.1) is 5.41 Å². The van der Waals surface area contributed by atoms with Crippen molar-refractivity contribution < 1.29 is 9.47 Å². The van der Waals surface area contributed by atoms with Crippen LogP contribution < -0.4 is 10.6 Å². The van der Waals surface area contributed by atoms with Crippen molar-refractivity contribution in [1.82, 2.24) is 4.98 Å². The fourth-order valence-corrected chi connectivity index (χ4v) is 1.82. The summed E-state index contributed by atoms with van der Waals surface area (Å²) in [7, 11) is 3.35. The van der Waals surface area contributed by atoms with E-state index in [0.717, 1.165) is 25.2 Å². The lowest BCUT2D eigenvalue weighted by atomic mass is 10.2. The van der Waals surface area contributed by atoms with Gasteiger partial charge in [0.1, 0.15) is 5.84 Å². The number of rotatable bonds is 9. The SMILES string of the molecule is COCCCN(CCOC)c1cnccc1C(=N)N. The summed E-state index contributed by atoms with van der Waals surface area (Å²) in [5.74, 6) is 0.0477. The Morgan fingerprint density at radius 2 is 2.05 bits per heavy atom. The third-order valence-electron chi connectivity index (χ3n) is 2.77. The maximum Gasteiger partial charge on any atom is 0.125 e. The van der Waals surface area contributed by atoms with Gasteiger partial charge in [-0.3, -0.25) is 10.4 Å². The van der Waals surface area contributed by atoms with Crippen LogP contribution in [0.1, 0.15) is 12.0 Å². The minimum Gasteiger partial charge on any atom is -0.385 e. The lowest BCUT2D eigenvalue weighted by Crippen LogP contribution is -2.31. The second kappa shape index (κ2) is 8.44. The number of hydrogen-bond donors (Lipinski definition) is 2. The van der Waals surface area contributed by atoms with Crippen LogP contribution >= 0.6 is 0 Å². The molecular weight excluding hydrogens is 244 g/mol. The summed E-state index contributed by atoms with van der Waals surface area (Å²) in [6, 6.07) is 1.76. The second-order valence-electron chi connectivity index (χ2n) is 4.13. The molecule has 0 saturated heterocycles. The molecule has 0 radical (unpaired) electrons. The number of nitrogen functional groups attached to an aromatic ring is 1. The van der Waals surface area contributed by atoms with Gasteiger partial charge < -0.3 is 20.1 Å². The number of nitrogens with zero attached hydrogens (tertiary/aromatic N) is 2. The van der Waals surface area contributed by atoms with Gasteiger partial charge in [-0.15, -0.1) is 0 Å². The van der Waals surface area contributed by atoms with Gasteiger partial charge in [0.25, 0.3) is 0 Å². The van der Waals surface area contributed by atoms with Gasteiger partial charge in [-0.05, 0) is 12.5 Å². The molecule has 0 aromatic carbocycles. The normalized spacial score (nSPS) is 10.4. The number of pyridine rings is 1. The summed E-state index contributed by atoms with van der Waals surface area (Å²) in [6.45, 7) is 2.84. The maximum absolute atomic E-state index is 7.63. The molecule has 0 fully saturated rings. The first kappa shape index (κ1) is 15.4. The van der Waals surface area contributed by atoms with E-state index in [-0.39, 0.29) is 5.84 Å². The number of amidine groups is 1. The van der Waals surface area contributed by atoms with E-state index in [9.17, 15) is 0 Å². The number of nitrogens with two attached hydrogens (primary N) is 1. The van der Waals surface area contributed by atoms with Crippen LogP contribution in [0.3, 0.4) is 0 Å². The third-order valence-corrected chi connectivity index (χ3v) is 2.77. The van der Waals surface area contributed by atoms with Gasteiger partial charge in [0, 0.05) is 45.7 Å². The molecule has 0 saturated carbocycles. The van der Waals surface area contributed by atoms with Crippen LogP contribution in [0.25, 0.3) is 0 Å². The van der Waals surface area contributed by atoms with Gasteiger partial charge in [-0.25, -0.2) is 0 Å². The van der Waals surface area contributed by atoms with Crippen LogP contribution in [0.4, 0.5) is 5.69 Å². The maximum atomic E-state index is 7.63. The average molecular weight is 266 g/mol. The van der Waals surface area contributed by atoms with Crippen molar-refractivity contribution in [1.29, 1.82) is 5.41 Å². The Kier molecular flexibility index (Phi) is 6.84. The summed E-state index contributed by atoms with van der Waals surface area (Å²) >= 11 is 0. The fraction of sp³-hybridized carbons (Fsp3) is 0.538. The first-order chi connectivity index (χ1) is 9.20. The van der Waals surface area contributed by atoms with Crippen molar-refractivity contribution in [3.63, 3.8) is 0 Å². The van der Waals surface area contributed by atoms with E-state index in [1.54, 1.807) is 32.7 Å². The van der Waals surface area contributed by atoms with Crippen molar-refractivity contribution in [3.8, 4) is 0 Å². The van der Waals surface area contributed by atoms with Crippen LogP contribution in [-0.2, 0) is 9.47 Å². The highest BCUT2D eigenvalue weighted by Crippen LogP contribution is 2.18. The minimum atomic E-state index is 0.0477. The smallest absolute Gasteiger partial charge is 0.125 e. The van der Waals surface area contributed by atoms with E-state index in [1.807, 2.05) is 0 Å². The highest BCUT2D eigenvalue weighted by atomic mass is 16.5. The molecule has 0 aliphatic carbocycles. The fourth-order valence-electron chi connectivity index (χ4n) is 1.82. The standard InChI is InChI=1S/C13H22N4O2/c1-18-8-3-6-17(7-9-19-2)12-10-16-5-4-11(12)13(14)15/h4-5,10H,3,6-9H2,1-2H3,(H3,14,15). The minimum absolute atomic E-state index is 0.0477. The number of methoxy groups -OCH3 is 2. The number of nitrogens with one attached hydrogen (secondary N) is 1. The summed E-state index contributed by atoms with van der Waals surface area (Å²) in [4.78, 5) is 6.24. The van der Waals surface area contributed by atoms with Gasteiger partial charge in [-0.2, -0.15) is 0 Å². The highest BCUT2D eigenvalue weighted by Gasteiger charge is 2.12. The lowest BCUT2D eigenvalue weighted by Gasteiger charge is -2.26. The van der Waals surface area contributed by atoms with Crippen molar-refractivity contribution in [2.45, 2.75) is 6.42 Å². The summed E-state index contributed by atoms with van der Waals surface area (Å²) in [6.07, 6.45) is 4.27. The predicted octanol–water partition coefficient (Wildman–Crippen LogP) is 0.855. The van der Waals surface area contributed by atoms with Crippen LogP contribution in [0.5, 0.6) is 0 Å². The van der Waals surface area contributed by atoms with Crippen molar-refractivity contribution in [2.24, 2.45) is 5.73 Å². The Bertz CT molecular complexity index is 398. The molecule has 0 aliphatic rings. The summed E-state index contributed by atoms with van der Waals surface area (Å²) in [5.41, 5.74) is 7.17. The van der Waals surface area contributed by atoms with Gasteiger partial charge in [-0.1, -0.05) is 0 Å². The van der Waals surface area contributed by atoms with Crippen LogP contribution in [-0.4, -0.2) is 51.3 Å². The van der Waals surface area contributed by atoms with Gasteiger partial charge in [0.05, 0.1) is 18.5 Å². The molecule has 3 N–H and O–H groups in total. The molecule has 0 spiro atoms. The molecule has 19 heavy (non-hydrogen) atoms. The predicted molar refractivity (Wildman–Crippen MR) is 75.8 cm³/mol. The molecule has 0 unspecified atom stereocenters. The molecule has 1 aromatic heterocycles. The molecule has 1 aromatic rings. The molecule has 0 amide bonds. The first-order valence-corrected chi connectivity index (χ1v) is 6.22. The number of anilines is 1. The van der Waals surface area contributed by atoms with Crippen molar-refractivity contribution >= 4 is 11.5 Å². The zero-order valence-electron chi connectivity index (χ0n) is 11.6. The topological polar surface area (TPSA) is 84.5 Å². The largest absolute Gasteiger partial charge is 0.385 e. The van der Waals surface area contributed by atoms with Gasteiger partial charge >= 0.3 is 0 Å². The zero-order chi connectivity index (χ0) is 14.1. The van der Waals surface area contributed by atoms with E-state index in [0.29, 0.717) is 18.8 Å². The Hall–Kier alpha value is -1.66. The molecule has 106 valence electrons. The van der Waals surface area contributed by atoms with E-state index in [2.05, 4.69) is 9.88 Å². The number of hydrogen-bond acceptors (Lipinski definition) is 5. The van der Waals surface area contributed by atoms with E-state index in [1.165, 1.54) is 0 Å². The van der Waals surface area contributed by atoms with Crippen LogP contribution in [0.2, 0.25) is 0 Å². The second-order valence-corrected chi connectivity index (χ2v) is 4.13. The van der Waals surface area contributed by atoms with E-state index in [4.69, 9.17) is 20.6 Å². The Morgan fingerprint density at radius 1 is 1.32 bits per heavy atom. The highest BCUT2D eigenvalue weighted by molar-refractivity contribution is 6.00. The molecule has 0 aliphatic heterocycles. The van der Waals surface area contributed by atoms with E-state index >= 15 is 0 Å².